The summed E-state index contributed by atoms with van der Waals surface area (Å²) in [6.07, 6.45) is 4.08. The molecule has 130 valence electrons. The van der Waals surface area contributed by atoms with Gasteiger partial charge in [0.15, 0.2) is 0 Å². The Balaban J connectivity index is 1.72. The summed E-state index contributed by atoms with van der Waals surface area (Å²) in [6, 6.07) is 0. The average Bonchev–Trinajstić information content (AvgIpc) is 2.79. The van der Waals surface area contributed by atoms with Crippen molar-refractivity contribution in [2.24, 2.45) is 22.7 Å². The molecule has 2 bridgehead atoms. The Morgan fingerprint density at radius 3 is 2.43 bits per heavy atom. The zero-order chi connectivity index (χ0) is 17.2. The number of carbonyl (C=O) groups excluding carboxylic acids is 1. The standard InChI is InChI=1S/C19H33BO3/c1-8-13(11-15(21)17(2,3)4)20-22-16-10-12-9-14(18(12,5)6)19(16,7)23-20/h12-14,16H,8-11H2,1-7H3/t12-,13+,14-,16+,19-/m0/s1. The molecule has 0 radical (unpaired) electrons. The van der Waals surface area contributed by atoms with E-state index in [1.54, 1.807) is 0 Å². The van der Waals surface area contributed by atoms with Crippen molar-refractivity contribution in [3.63, 3.8) is 0 Å². The third-order valence-electron chi connectivity index (χ3n) is 7.16. The zero-order valence-electron chi connectivity index (χ0n) is 15.9. The molecule has 3 aliphatic carbocycles. The van der Waals surface area contributed by atoms with Gasteiger partial charge in [0.25, 0.3) is 0 Å². The lowest BCUT2D eigenvalue weighted by molar-refractivity contribution is -0.199. The predicted molar refractivity (Wildman–Crippen MR) is 93.2 cm³/mol. The van der Waals surface area contributed by atoms with Crippen molar-refractivity contribution in [1.29, 1.82) is 0 Å². The van der Waals surface area contributed by atoms with Crippen LogP contribution in [0.1, 0.15) is 74.1 Å². The van der Waals surface area contributed by atoms with E-state index in [-0.39, 0.29) is 30.1 Å². The second-order valence-corrected chi connectivity index (χ2v) is 9.88. The van der Waals surface area contributed by atoms with Crippen molar-refractivity contribution in [2.45, 2.75) is 91.7 Å². The van der Waals surface area contributed by atoms with Crippen LogP contribution in [0.5, 0.6) is 0 Å². The summed E-state index contributed by atoms with van der Waals surface area (Å²) >= 11 is 0. The Bertz CT molecular complexity index is 495. The predicted octanol–water partition coefficient (Wildman–Crippen LogP) is 4.50. The fraction of sp³-hybridized carbons (Fsp3) is 0.947. The Morgan fingerprint density at radius 1 is 1.26 bits per heavy atom. The van der Waals surface area contributed by atoms with E-state index >= 15 is 0 Å². The highest BCUT2D eigenvalue weighted by atomic mass is 16.7. The van der Waals surface area contributed by atoms with Gasteiger partial charge in [-0.15, -0.1) is 0 Å². The third-order valence-corrected chi connectivity index (χ3v) is 7.16. The van der Waals surface area contributed by atoms with Crippen LogP contribution in [0.3, 0.4) is 0 Å². The number of Topliss-reactive ketones (excluding diaryl/α,β-unsaturated/α-hetero) is 1. The highest BCUT2D eigenvalue weighted by Gasteiger charge is 2.68. The van der Waals surface area contributed by atoms with Crippen LogP contribution in [-0.2, 0) is 14.1 Å². The van der Waals surface area contributed by atoms with E-state index in [0.29, 0.717) is 23.5 Å². The normalized spacial score (nSPS) is 39.6. The maximum atomic E-state index is 12.4. The van der Waals surface area contributed by atoms with E-state index in [1.807, 2.05) is 20.8 Å². The number of hydrogen-bond donors (Lipinski definition) is 0. The van der Waals surface area contributed by atoms with Crippen LogP contribution >= 0.6 is 0 Å². The van der Waals surface area contributed by atoms with Crippen molar-refractivity contribution in [2.75, 3.05) is 0 Å². The topological polar surface area (TPSA) is 35.5 Å². The maximum Gasteiger partial charge on any atom is 0.461 e. The van der Waals surface area contributed by atoms with Gasteiger partial charge in [-0.05, 0) is 37.0 Å². The van der Waals surface area contributed by atoms with Crippen molar-refractivity contribution in [3.8, 4) is 0 Å². The van der Waals surface area contributed by atoms with Crippen LogP contribution in [-0.4, -0.2) is 24.6 Å². The van der Waals surface area contributed by atoms with Crippen molar-refractivity contribution < 1.29 is 14.1 Å². The van der Waals surface area contributed by atoms with Gasteiger partial charge in [0.1, 0.15) is 5.78 Å². The van der Waals surface area contributed by atoms with Gasteiger partial charge < -0.3 is 9.31 Å². The van der Waals surface area contributed by atoms with E-state index in [2.05, 4.69) is 27.7 Å². The molecular formula is C19H33BO3. The quantitative estimate of drug-likeness (QED) is 0.716. The summed E-state index contributed by atoms with van der Waals surface area (Å²) in [5.74, 6) is 1.83. The first-order chi connectivity index (χ1) is 10.5. The van der Waals surface area contributed by atoms with Gasteiger partial charge in [-0.2, -0.15) is 0 Å². The average molecular weight is 320 g/mol. The summed E-state index contributed by atoms with van der Waals surface area (Å²) in [4.78, 5) is 12.4. The van der Waals surface area contributed by atoms with E-state index < -0.39 is 0 Å². The van der Waals surface area contributed by atoms with E-state index in [1.165, 1.54) is 6.42 Å². The molecule has 0 unspecified atom stereocenters. The van der Waals surface area contributed by atoms with E-state index in [9.17, 15) is 4.79 Å². The monoisotopic (exact) mass is 320 g/mol. The molecule has 1 heterocycles. The molecule has 1 aliphatic heterocycles. The molecule has 4 fully saturated rings. The number of carbonyl (C=O) groups is 1. The lowest BCUT2D eigenvalue weighted by Gasteiger charge is -2.64. The highest BCUT2D eigenvalue weighted by molar-refractivity contribution is 6.47. The summed E-state index contributed by atoms with van der Waals surface area (Å²) in [5.41, 5.74) is -0.0835. The Morgan fingerprint density at radius 2 is 1.91 bits per heavy atom. The molecule has 0 aromatic carbocycles. The maximum absolute atomic E-state index is 12.4. The molecule has 0 amide bonds. The number of ketones is 1. The Kier molecular flexibility index (Phi) is 4.05. The second-order valence-electron chi connectivity index (χ2n) is 9.88. The zero-order valence-corrected chi connectivity index (χ0v) is 15.9. The van der Waals surface area contributed by atoms with Crippen LogP contribution in [0.15, 0.2) is 0 Å². The van der Waals surface area contributed by atoms with Gasteiger partial charge in [-0.3, -0.25) is 4.79 Å². The number of hydrogen-bond acceptors (Lipinski definition) is 3. The van der Waals surface area contributed by atoms with Crippen LogP contribution in [0.4, 0.5) is 0 Å². The van der Waals surface area contributed by atoms with Gasteiger partial charge in [0.2, 0.25) is 0 Å². The van der Waals surface area contributed by atoms with Crippen LogP contribution in [0.25, 0.3) is 0 Å². The summed E-state index contributed by atoms with van der Waals surface area (Å²) in [6.45, 7) is 15.1. The molecule has 0 N–H and O–H groups in total. The Labute approximate surface area is 142 Å². The fourth-order valence-electron chi connectivity index (χ4n) is 5.08. The molecule has 5 atom stereocenters. The van der Waals surface area contributed by atoms with Gasteiger partial charge in [0.05, 0.1) is 11.7 Å². The summed E-state index contributed by atoms with van der Waals surface area (Å²) in [7, 11) is -0.212. The Hall–Kier alpha value is -0.345. The smallest absolute Gasteiger partial charge is 0.405 e. The minimum absolute atomic E-state index is 0.166. The highest BCUT2D eigenvalue weighted by Crippen LogP contribution is 2.66. The molecule has 1 saturated heterocycles. The molecule has 0 aromatic heterocycles. The molecule has 3 nitrogen and oxygen atoms in total. The first kappa shape index (κ1) is 17.5. The minimum Gasteiger partial charge on any atom is -0.405 e. The second kappa shape index (κ2) is 5.32. The summed E-state index contributed by atoms with van der Waals surface area (Å²) < 4.78 is 12.9. The van der Waals surface area contributed by atoms with E-state index in [0.717, 1.165) is 18.8 Å². The summed E-state index contributed by atoms with van der Waals surface area (Å²) in [5, 5.41) is 0. The first-order valence-electron chi connectivity index (χ1n) is 9.36. The molecular weight excluding hydrogens is 287 g/mol. The molecule has 23 heavy (non-hydrogen) atoms. The SMILES string of the molecule is CC[C@H](CC(=O)C(C)(C)C)B1O[C@@H]2C[C@@H]3C[C@@H](C3(C)C)[C@]2(C)O1. The third kappa shape index (κ3) is 2.61. The van der Waals surface area contributed by atoms with Crippen LogP contribution in [0, 0.1) is 22.7 Å². The lowest BCUT2D eigenvalue weighted by Crippen LogP contribution is -2.65. The van der Waals surface area contributed by atoms with Crippen molar-refractivity contribution in [3.05, 3.63) is 0 Å². The first-order valence-corrected chi connectivity index (χ1v) is 9.36. The fourth-order valence-corrected chi connectivity index (χ4v) is 5.08. The molecule has 0 spiro atoms. The van der Waals surface area contributed by atoms with Gasteiger partial charge >= 0.3 is 7.12 Å². The van der Waals surface area contributed by atoms with E-state index in [4.69, 9.17) is 9.31 Å². The number of rotatable bonds is 4. The molecule has 4 aliphatic rings. The molecule has 4 heteroatoms. The van der Waals surface area contributed by atoms with Gasteiger partial charge in [-0.25, -0.2) is 0 Å². The van der Waals surface area contributed by atoms with Crippen LogP contribution in [0.2, 0.25) is 5.82 Å². The van der Waals surface area contributed by atoms with Crippen molar-refractivity contribution >= 4 is 12.9 Å². The van der Waals surface area contributed by atoms with Gasteiger partial charge in [-0.1, -0.05) is 48.0 Å². The minimum atomic E-state index is -0.285. The molecule has 3 saturated carbocycles. The molecule has 0 aromatic rings. The molecule has 4 rings (SSSR count). The van der Waals surface area contributed by atoms with Crippen LogP contribution < -0.4 is 0 Å². The largest absolute Gasteiger partial charge is 0.461 e. The lowest BCUT2D eigenvalue weighted by atomic mass is 9.43. The van der Waals surface area contributed by atoms with Crippen molar-refractivity contribution in [1.82, 2.24) is 0 Å². The van der Waals surface area contributed by atoms with Gasteiger partial charge in [0, 0.05) is 17.7 Å².